The van der Waals surface area contributed by atoms with Crippen LogP contribution in [0.5, 0.6) is 0 Å². The SMILES string of the molecule is Clc1cc(Cl)c2c(c1)c1ccccc1n2CC1CO1. The maximum atomic E-state index is 6.40. The number of benzene rings is 2. The number of nitrogens with zero attached hydrogens (tertiary/aromatic N) is 1. The largest absolute Gasteiger partial charge is 0.371 e. The Balaban J connectivity index is 2.14. The molecule has 0 amide bonds. The summed E-state index contributed by atoms with van der Waals surface area (Å²) in [6, 6.07) is 12.1. The van der Waals surface area contributed by atoms with Crippen LogP contribution in [-0.2, 0) is 11.3 Å². The highest BCUT2D eigenvalue weighted by molar-refractivity contribution is 6.39. The highest BCUT2D eigenvalue weighted by Crippen LogP contribution is 2.36. The number of rotatable bonds is 2. The molecule has 19 heavy (non-hydrogen) atoms. The van der Waals surface area contributed by atoms with Crippen molar-refractivity contribution in [3.05, 3.63) is 46.4 Å². The average molecular weight is 292 g/mol. The van der Waals surface area contributed by atoms with Crippen LogP contribution < -0.4 is 0 Å². The monoisotopic (exact) mass is 291 g/mol. The van der Waals surface area contributed by atoms with Crippen LogP contribution in [0, 0.1) is 0 Å². The summed E-state index contributed by atoms with van der Waals surface area (Å²) in [5, 5.41) is 3.65. The first-order valence-electron chi connectivity index (χ1n) is 6.21. The van der Waals surface area contributed by atoms with Gasteiger partial charge < -0.3 is 9.30 Å². The Morgan fingerprint density at radius 1 is 1.16 bits per heavy atom. The van der Waals surface area contributed by atoms with Crippen molar-refractivity contribution in [2.75, 3.05) is 6.61 Å². The molecule has 0 saturated carbocycles. The average Bonchev–Trinajstić information content (AvgIpc) is 3.14. The maximum Gasteiger partial charge on any atom is 0.0988 e. The lowest BCUT2D eigenvalue weighted by Crippen LogP contribution is -2.03. The Labute approximate surface area is 120 Å². The van der Waals surface area contributed by atoms with E-state index in [-0.39, 0.29) is 0 Å². The molecule has 1 saturated heterocycles. The number of aromatic nitrogens is 1. The summed E-state index contributed by atoms with van der Waals surface area (Å²) in [5.74, 6) is 0. The summed E-state index contributed by atoms with van der Waals surface area (Å²) in [6.45, 7) is 1.67. The normalized spacial score (nSPS) is 18.3. The molecule has 96 valence electrons. The molecule has 0 N–H and O–H groups in total. The molecule has 0 aliphatic carbocycles. The predicted molar refractivity (Wildman–Crippen MR) is 79.2 cm³/mol. The minimum Gasteiger partial charge on any atom is -0.371 e. The fourth-order valence-corrected chi connectivity index (χ4v) is 3.26. The van der Waals surface area contributed by atoms with E-state index < -0.39 is 0 Å². The lowest BCUT2D eigenvalue weighted by molar-refractivity contribution is 0.387. The van der Waals surface area contributed by atoms with Gasteiger partial charge >= 0.3 is 0 Å². The smallest absolute Gasteiger partial charge is 0.0988 e. The van der Waals surface area contributed by atoms with Crippen molar-refractivity contribution in [2.24, 2.45) is 0 Å². The topological polar surface area (TPSA) is 17.5 Å². The molecule has 3 aromatic rings. The van der Waals surface area contributed by atoms with Crippen LogP contribution in [-0.4, -0.2) is 17.3 Å². The summed E-state index contributed by atoms with van der Waals surface area (Å²) < 4.78 is 7.59. The first-order valence-corrected chi connectivity index (χ1v) is 6.97. The molecule has 1 aliphatic rings. The molecular formula is C15H11Cl2NO. The van der Waals surface area contributed by atoms with Gasteiger partial charge in [-0.2, -0.15) is 0 Å². The Kier molecular flexibility index (Phi) is 2.52. The molecule has 4 rings (SSSR count). The molecule has 2 aromatic carbocycles. The molecule has 1 aromatic heterocycles. The van der Waals surface area contributed by atoms with Crippen LogP contribution in [0.2, 0.25) is 10.0 Å². The fourth-order valence-electron chi connectivity index (χ4n) is 2.67. The van der Waals surface area contributed by atoms with E-state index in [1.807, 2.05) is 18.2 Å². The molecular weight excluding hydrogens is 281 g/mol. The van der Waals surface area contributed by atoms with E-state index in [9.17, 15) is 0 Å². The van der Waals surface area contributed by atoms with Crippen molar-refractivity contribution >= 4 is 45.0 Å². The summed E-state index contributed by atoms with van der Waals surface area (Å²) >= 11 is 12.5. The summed E-state index contributed by atoms with van der Waals surface area (Å²) in [6.07, 6.45) is 0.311. The number of epoxide rings is 1. The number of ether oxygens (including phenoxy) is 1. The van der Waals surface area contributed by atoms with Crippen LogP contribution in [0.3, 0.4) is 0 Å². The number of hydrogen-bond acceptors (Lipinski definition) is 1. The van der Waals surface area contributed by atoms with Gasteiger partial charge in [-0.05, 0) is 18.2 Å². The van der Waals surface area contributed by atoms with Gasteiger partial charge in [-0.15, -0.1) is 0 Å². The van der Waals surface area contributed by atoms with Crippen LogP contribution in [0.1, 0.15) is 0 Å². The number of para-hydroxylation sites is 1. The summed E-state index contributed by atoms with van der Waals surface area (Å²) in [7, 11) is 0. The van der Waals surface area contributed by atoms with Crippen molar-refractivity contribution in [1.29, 1.82) is 0 Å². The number of halogens is 2. The molecule has 1 unspecified atom stereocenters. The molecule has 2 heterocycles. The summed E-state index contributed by atoms with van der Waals surface area (Å²) in [5.41, 5.74) is 2.22. The standard InChI is InChI=1S/C15H11Cl2NO/c16-9-5-12-11-3-1-2-4-14(11)18(7-10-8-19-10)15(12)13(17)6-9/h1-6,10H,7-8H2. The van der Waals surface area contributed by atoms with Gasteiger partial charge in [-0.3, -0.25) is 0 Å². The van der Waals surface area contributed by atoms with Gasteiger partial charge in [0.25, 0.3) is 0 Å². The molecule has 1 fully saturated rings. The Morgan fingerprint density at radius 2 is 1.95 bits per heavy atom. The molecule has 4 heteroatoms. The quantitative estimate of drug-likeness (QED) is 0.636. The number of hydrogen-bond donors (Lipinski definition) is 0. The zero-order valence-electron chi connectivity index (χ0n) is 10.1. The third kappa shape index (κ3) is 1.83. The first kappa shape index (κ1) is 11.6. The van der Waals surface area contributed by atoms with Gasteiger partial charge in [0.05, 0.1) is 29.8 Å². The van der Waals surface area contributed by atoms with Gasteiger partial charge in [-0.1, -0.05) is 41.4 Å². The minimum absolute atomic E-state index is 0.311. The molecule has 1 aliphatic heterocycles. The zero-order chi connectivity index (χ0) is 13.0. The van der Waals surface area contributed by atoms with E-state index in [1.165, 1.54) is 10.9 Å². The van der Waals surface area contributed by atoms with E-state index in [1.54, 1.807) is 6.07 Å². The van der Waals surface area contributed by atoms with Gasteiger partial charge in [0.15, 0.2) is 0 Å². The van der Waals surface area contributed by atoms with Crippen molar-refractivity contribution in [1.82, 2.24) is 4.57 Å². The van der Waals surface area contributed by atoms with Crippen molar-refractivity contribution in [3.8, 4) is 0 Å². The highest BCUT2D eigenvalue weighted by atomic mass is 35.5. The Bertz CT molecular complexity index is 790. The maximum absolute atomic E-state index is 6.40. The van der Waals surface area contributed by atoms with Crippen molar-refractivity contribution in [3.63, 3.8) is 0 Å². The van der Waals surface area contributed by atoms with Gasteiger partial charge in [0.1, 0.15) is 0 Å². The second kappa shape index (κ2) is 4.14. The Hall–Kier alpha value is -1.22. The highest BCUT2D eigenvalue weighted by Gasteiger charge is 2.25. The Morgan fingerprint density at radius 3 is 2.74 bits per heavy atom. The third-order valence-electron chi connectivity index (χ3n) is 3.57. The molecule has 0 bridgehead atoms. The first-order chi connectivity index (χ1) is 9.24. The minimum atomic E-state index is 0.311. The van der Waals surface area contributed by atoms with Crippen molar-refractivity contribution in [2.45, 2.75) is 12.6 Å². The fraction of sp³-hybridized carbons (Fsp3) is 0.200. The van der Waals surface area contributed by atoms with Crippen LogP contribution >= 0.6 is 23.2 Å². The molecule has 0 spiro atoms. The van der Waals surface area contributed by atoms with E-state index in [4.69, 9.17) is 27.9 Å². The second-order valence-electron chi connectivity index (χ2n) is 4.87. The van der Waals surface area contributed by atoms with Crippen molar-refractivity contribution < 1.29 is 4.74 Å². The van der Waals surface area contributed by atoms with E-state index in [2.05, 4.69) is 16.7 Å². The van der Waals surface area contributed by atoms with E-state index >= 15 is 0 Å². The molecule has 0 radical (unpaired) electrons. The predicted octanol–water partition coefficient (Wildman–Crippen LogP) is 4.50. The molecule has 2 nitrogen and oxygen atoms in total. The van der Waals surface area contributed by atoms with E-state index in [0.717, 1.165) is 24.1 Å². The summed E-state index contributed by atoms with van der Waals surface area (Å²) in [4.78, 5) is 0. The van der Waals surface area contributed by atoms with Gasteiger partial charge in [-0.25, -0.2) is 0 Å². The molecule has 1 atom stereocenters. The zero-order valence-corrected chi connectivity index (χ0v) is 11.6. The van der Waals surface area contributed by atoms with Crippen LogP contribution in [0.15, 0.2) is 36.4 Å². The van der Waals surface area contributed by atoms with Gasteiger partial charge in [0.2, 0.25) is 0 Å². The lowest BCUT2D eigenvalue weighted by Gasteiger charge is -2.06. The third-order valence-corrected chi connectivity index (χ3v) is 4.08. The van der Waals surface area contributed by atoms with E-state index in [0.29, 0.717) is 16.1 Å². The van der Waals surface area contributed by atoms with Crippen LogP contribution in [0.4, 0.5) is 0 Å². The lowest BCUT2D eigenvalue weighted by atomic mass is 10.1. The van der Waals surface area contributed by atoms with Gasteiger partial charge in [0, 0.05) is 21.3 Å². The van der Waals surface area contributed by atoms with Crippen LogP contribution in [0.25, 0.3) is 21.8 Å². The number of fused-ring (bicyclic) bond motifs is 3. The second-order valence-corrected chi connectivity index (χ2v) is 5.71.